The van der Waals surface area contributed by atoms with E-state index in [1.165, 1.54) is 18.2 Å². The van der Waals surface area contributed by atoms with Gasteiger partial charge in [-0.2, -0.15) is 0 Å². The minimum atomic E-state index is -1.18. The van der Waals surface area contributed by atoms with E-state index in [1.54, 1.807) is 13.8 Å². The number of amides is 1. The number of carboxylic acids is 1. The van der Waals surface area contributed by atoms with Crippen molar-refractivity contribution in [3.63, 3.8) is 0 Å². The Labute approximate surface area is 114 Å². The zero-order valence-corrected chi connectivity index (χ0v) is 11.0. The van der Waals surface area contributed by atoms with Crippen LogP contribution in [-0.2, 0) is 0 Å². The minimum Gasteiger partial charge on any atom is -0.477 e. The lowest BCUT2D eigenvalue weighted by Gasteiger charge is -2.07. The maximum Gasteiger partial charge on any atom is 0.354 e. The molecule has 104 valence electrons. The summed E-state index contributed by atoms with van der Waals surface area (Å²) in [6.45, 7) is 3.35. The fourth-order valence-electron chi connectivity index (χ4n) is 1.89. The lowest BCUT2D eigenvalue weighted by Crippen LogP contribution is -2.15. The van der Waals surface area contributed by atoms with Crippen LogP contribution in [0.2, 0.25) is 0 Å². The summed E-state index contributed by atoms with van der Waals surface area (Å²) in [6.07, 6.45) is 0. The van der Waals surface area contributed by atoms with Crippen LogP contribution >= 0.6 is 0 Å². The van der Waals surface area contributed by atoms with Crippen molar-refractivity contribution < 1.29 is 19.1 Å². The van der Waals surface area contributed by atoms with Gasteiger partial charge in [0.1, 0.15) is 11.5 Å². The highest BCUT2D eigenvalue weighted by Gasteiger charge is 2.17. The molecule has 20 heavy (non-hydrogen) atoms. The van der Waals surface area contributed by atoms with E-state index in [1.807, 2.05) is 0 Å². The van der Waals surface area contributed by atoms with E-state index in [9.17, 15) is 14.0 Å². The molecule has 2 aromatic rings. The summed E-state index contributed by atoms with van der Waals surface area (Å²) < 4.78 is 13.2. The molecule has 0 unspecified atom stereocenters. The summed E-state index contributed by atoms with van der Waals surface area (Å²) >= 11 is 0. The largest absolute Gasteiger partial charge is 0.477 e. The van der Waals surface area contributed by atoms with Crippen molar-refractivity contribution in [2.75, 3.05) is 5.32 Å². The number of hydrogen-bond acceptors (Lipinski definition) is 2. The van der Waals surface area contributed by atoms with Crippen LogP contribution in [-0.4, -0.2) is 22.0 Å². The van der Waals surface area contributed by atoms with Crippen molar-refractivity contribution in [2.45, 2.75) is 13.8 Å². The third-order valence-electron chi connectivity index (χ3n) is 2.86. The van der Waals surface area contributed by atoms with Gasteiger partial charge in [-0.15, -0.1) is 0 Å². The van der Waals surface area contributed by atoms with E-state index in [4.69, 9.17) is 5.11 Å². The summed E-state index contributed by atoms with van der Waals surface area (Å²) in [7, 11) is 0. The molecule has 3 N–H and O–H groups in total. The zero-order valence-electron chi connectivity index (χ0n) is 11.0. The van der Waals surface area contributed by atoms with Crippen LogP contribution < -0.4 is 5.32 Å². The number of aromatic amines is 1. The Morgan fingerprint density at radius 1 is 1.25 bits per heavy atom. The van der Waals surface area contributed by atoms with Gasteiger partial charge in [0, 0.05) is 11.3 Å². The van der Waals surface area contributed by atoms with Crippen LogP contribution in [0.1, 0.15) is 32.1 Å². The van der Waals surface area contributed by atoms with Crippen LogP contribution in [0.25, 0.3) is 0 Å². The van der Waals surface area contributed by atoms with E-state index in [-0.39, 0.29) is 16.9 Å². The molecule has 0 radical (unpaired) electrons. The number of benzene rings is 1. The number of aryl methyl sites for hydroxylation is 2. The standard InChI is InChI=1S/C14H13FN2O3/c1-7-3-4-9(15)6-10(7)13(18)17-11-5-8(2)16-12(11)14(19)20/h3-6,16H,1-2H3,(H,17,18)(H,19,20). The number of rotatable bonds is 3. The molecule has 0 atom stereocenters. The maximum absolute atomic E-state index is 13.2. The van der Waals surface area contributed by atoms with Crippen LogP contribution in [0, 0.1) is 19.7 Å². The fourth-order valence-corrected chi connectivity index (χ4v) is 1.89. The number of aromatic carboxylic acids is 1. The van der Waals surface area contributed by atoms with Crippen LogP contribution in [0.5, 0.6) is 0 Å². The maximum atomic E-state index is 13.2. The number of carbonyl (C=O) groups is 2. The average Bonchev–Trinajstić information content (AvgIpc) is 2.73. The van der Waals surface area contributed by atoms with Gasteiger partial charge < -0.3 is 15.4 Å². The Kier molecular flexibility index (Phi) is 3.56. The van der Waals surface area contributed by atoms with Gasteiger partial charge in [-0.05, 0) is 37.6 Å². The van der Waals surface area contributed by atoms with Gasteiger partial charge in [-0.25, -0.2) is 9.18 Å². The average molecular weight is 276 g/mol. The third-order valence-corrected chi connectivity index (χ3v) is 2.86. The molecule has 0 saturated carbocycles. The van der Waals surface area contributed by atoms with Crippen molar-refractivity contribution in [1.82, 2.24) is 4.98 Å². The Hall–Kier alpha value is -2.63. The van der Waals surface area contributed by atoms with Gasteiger partial charge in [-0.1, -0.05) is 6.07 Å². The molecule has 5 nitrogen and oxygen atoms in total. The number of aromatic nitrogens is 1. The molecular formula is C14H13FN2O3. The van der Waals surface area contributed by atoms with Gasteiger partial charge in [0.25, 0.3) is 5.91 Å². The van der Waals surface area contributed by atoms with Crippen LogP contribution in [0.3, 0.4) is 0 Å². The first kappa shape index (κ1) is 13.8. The van der Waals surface area contributed by atoms with Crippen molar-refractivity contribution in [2.24, 2.45) is 0 Å². The smallest absolute Gasteiger partial charge is 0.354 e. The van der Waals surface area contributed by atoms with Gasteiger partial charge in [0.2, 0.25) is 0 Å². The van der Waals surface area contributed by atoms with Crippen molar-refractivity contribution in [1.29, 1.82) is 0 Å². The highest BCUT2D eigenvalue weighted by Crippen LogP contribution is 2.19. The van der Waals surface area contributed by atoms with Crippen molar-refractivity contribution >= 4 is 17.6 Å². The number of hydrogen-bond donors (Lipinski definition) is 3. The summed E-state index contributed by atoms with van der Waals surface area (Å²) in [5.41, 5.74) is 1.43. The SMILES string of the molecule is Cc1cc(NC(=O)c2cc(F)ccc2C)c(C(=O)O)[nH]1. The molecule has 0 saturated heterocycles. The molecule has 6 heteroatoms. The van der Waals surface area contributed by atoms with Gasteiger partial charge in [0.15, 0.2) is 0 Å². The van der Waals surface area contributed by atoms with E-state index >= 15 is 0 Å². The molecule has 0 aliphatic carbocycles. The number of carbonyl (C=O) groups excluding carboxylic acids is 1. The molecule has 0 spiro atoms. The molecule has 0 bridgehead atoms. The molecule has 1 heterocycles. The molecule has 1 aromatic carbocycles. The summed E-state index contributed by atoms with van der Waals surface area (Å²) in [6, 6.07) is 5.38. The second-order valence-electron chi connectivity index (χ2n) is 4.46. The predicted molar refractivity (Wildman–Crippen MR) is 71.6 cm³/mol. The number of nitrogens with one attached hydrogen (secondary N) is 2. The fraction of sp³-hybridized carbons (Fsp3) is 0.143. The van der Waals surface area contributed by atoms with Crippen LogP contribution in [0.4, 0.5) is 10.1 Å². The zero-order chi connectivity index (χ0) is 14.9. The first-order chi connectivity index (χ1) is 9.38. The molecule has 0 aliphatic rings. The highest BCUT2D eigenvalue weighted by atomic mass is 19.1. The molecular weight excluding hydrogens is 263 g/mol. The monoisotopic (exact) mass is 276 g/mol. The second kappa shape index (κ2) is 5.16. The minimum absolute atomic E-state index is 0.107. The predicted octanol–water partition coefficient (Wildman–Crippen LogP) is 2.72. The Balaban J connectivity index is 2.32. The van der Waals surface area contributed by atoms with E-state index < -0.39 is 17.7 Å². The van der Waals surface area contributed by atoms with Gasteiger partial charge in [-0.3, -0.25) is 4.79 Å². The summed E-state index contributed by atoms with van der Waals surface area (Å²) in [4.78, 5) is 25.8. The normalized spacial score (nSPS) is 10.3. The Bertz CT molecular complexity index is 692. The van der Waals surface area contributed by atoms with E-state index in [0.29, 0.717) is 11.3 Å². The number of halogens is 1. The molecule has 1 amide bonds. The number of H-pyrrole nitrogens is 1. The number of carboxylic acid groups (broad SMARTS) is 1. The lowest BCUT2D eigenvalue weighted by molar-refractivity contribution is 0.0692. The summed E-state index contributed by atoms with van der Waals surface area (Å²) in [5.74, 6) is -2.25. The second-order valence-corrected chi connectivity index (χ2v) is 4.46. The van der Waals surface area contributed by atoms with Gasteiger partial charge in [0.05, 0.1) is 5.69 Å². The van der Waals surface area contributed by atoms with Crippen molar-refractivity contribution in [3.05, 3.63) is 52.6 Å². The first-order valence-electron chi connectivity index (χ1n) is 5.89. The Morgan fingerprint density at radius 2 is 1.95 bits per heavy atom. The van der Waals surface area contributed by atoms with E-state index in [2.05, 4.69) is 10.3 Å². The number of anilines is 1. The third kappa shape index (κ3) is 2.69. The molecule has 1 aromatic heterocycles. The lowest BCUT2D eigenvalue weighted by atomic mass is 10.1. The quantitative estimate of drug-likeness (QED) is 0.806. The first-order valence-corrected chi connectivity index (χ1v) is 5.89. The molecule has 2 rings (SSSR count). The van der Waals surface area contributed by atoms with Gasteiger partial charge >= 0.3 is 5.97 Å². The summed E-state index contributed by atoms with van der Waals surface area (Å²) in [5, 5.41) is 11.5. The Morgan fingerprint density at radius 3 is 2.60 bits per heavy atom. The molecule has 0 fully saturated rings. The van der Waals surface area contributed by atoms with Crippen molar-refractivity contribution in [3.8, 4) is 0 Å². The van der Waals surface area contributed by atoms with E-state index in [0.717, 1.165) is 6.07 Å². The molecule has 0 aliphatic heterocycles. The van der Waals surface area contributed by atoms with Crippen LogP contribution in [0.15, 0.2) is 24.3 Å². The topological polar surface area (TPSA) is 82.2 Å². The highest BCUT2D eigenvalue weighted by molar-refractivity contribution is 6.08.